The van der Waals surface area contributed by atoms with Gasteiger partial charge in [0.1, 0.15) is 0 Å². The lowest BCUT2D eigenvalue weighted by Gasteiger charge is -2.09. The lowest BCUT2D eigenvalue weighted by molar-refractivity contribution is -0.146. The van der Waals surface area contributed by atoms with E-state index in [1.165, 1.54) is 13.0 Å². The van der Waals surface area contributed by atoms with Crippen LogP contribution in [0, 0.1) is 13.8 Å². The lowest BCUT2D eigenvalue weighted by atomic mass is 10.1. The molecule has 0 saturated heterocycles. The van der Waals surface area contributed by atoms with Crippen molar-refractivity contribution in [3.63, 3.8) is 0 Å². The maximum atomic E-state index is 12.4. The molecule has 0 saturated carbocycles. The molecular weight excluding hydrogens is 408 g/mol. The molecule has 160 valence electrons. The van der Waals surface area contributed by atoms with E-state index in [1.807, 2.05) is 13.8 Å². The Labute approximate surface area is 175 Å². The lowest BCUT2D eigenvalue weighted by Crippen LogP contribution is -2.22. The number of aryl methyl sites for hydroxylation is 2. The summed E-state index contributed by atoms with van der Waals surface area (Å²) >= 11 is 0. The van der Waals surface area contributed by atoms with Crippen LogP contribution in [0.25, 0.3) is 0 Å². The fourth-order valence-electron chi connectivity index (χ4n) is 2.50. The van der Waals surface area contributed by atoms with Crippen LogP contribution in [-0.4, -0.2) is 38.6 Å². The third-order valence-electron chi connectivity index (χ3n) is 4.27. The van der Waals surface area contributed by atoms with Crippen molar-refractivity contribution in [1.82, 2.24) is 0 Å². The average molecular weight is 432 g/mol. The van der Waals surface area contributed by atoms with Crippen LogP contribution in [0.15, 0.2) is 47.4 Å². The van der Waals surface area contributed by atoms with Gasteiger partial charge in [-0.05, 0) is 61.4 Å². The average Bonchev–Trinajstić information content (AvgIpc) is 2.68. The van der Waals surface area contributed by atoms with E-state index in [-0.39, 0.29) is 17.2 Å². The Bertz CT molecular complexity index is 1050. The molecule has 0 spiro atoms. The van der Waals surface area contributed by atoms with Gasteiger partial charge in [-0.25, -0.2) is 8.42 Å². The summed E-state index contributed by atoms with van der Waals surface area (Å²) in [4.78, 5) is 34.9. The summed E-state index contributed by atoms with van der Waals surface area (Å²) in [6.07, 6.45) is -0.353. The third-order valence-corrected chi connectivity index (χ3v) is 5.98. The fraction of sp³-hybridized carbons (Fsp3) is 0.286. The molecule has 0 fully saturated rings. The first-order chi connectivity index (χ1) is 14.1. The molecule has 2 aromatic carbocycles. The molecule has 0 aliphatic rings. The highest BCUT2D eigenvalue weighted by Gasteiger charge is 2.18. The van der Waals surface area contributed by atoms with Gasteiger partial charge in [0.25, 0.3) is 5.91 Å². The first-order valence-electron chi connectivity index (χ1n) is 9.20. The number of benzene rings is 2. The minimum Gasteiger partial charge on any atom is -0.456 e. The molecule has 0 aromatic heterocycles. The van der Waals surface area contributed by atoms with Crippen molar-refractivity contribution in [2.75, 3.05) is 23.0 Å². The molecule has 0 atom stereocenters. The van der Waals surface area contributed by atoms with Crippen molar-refractivity contribution in [3.8, 4) is 0 Å². The van der Waals surface area contributed by atoms with Crippen LogP contribution < -0.4 is 10.6 Å². The summed E-state index contributed by atoms with van der Waals surface area (Å²) in [6, 6.07) is 11.2. The number of carbonyl (C=O) groups is 3. The second kappa shape index (κ2) is 10.0. The van der Waals surface area contributed by atoms with Crippen LogP contribution in [0.1, 0.15) is 24.5 Å². The zero-order valence-electron chi connectivity index (χ0n) is 17.0. The molecule has 8 nitrogen and oxygen atoms in total. The summed E-state index contributed by atoms with van der Waals surface area (Å²) in [5, 5.41) is 5.14. The van der Waals surface area contributed by atoms with Crippen molar-refractivity contribution in [2.45, 2.75) is 32.1 Å². The number of anilines is 2. The molecule has 0 aliphatic carbocycles. The molecule has 2 N–H and O–H groups in total. The Kier molecular flexibility index (Phi) is 7.71. The first-order valence-corrected chi connectivity index (χ1v) is 10.9. The number of hydrogen-bond acceptors (Lipinski definition) is 6. The van der Waals surface area contributed by atoms with Gasteiger partial charge in [-0.2, -0.15) is 0 Å². The predicted octanol–water partition coefficient (Wildman–Crippen LogP) is 2.61. The zero-order chi connectivity index (χ0) is 22.3. The molecule has 30 heavy (non-hydrogen) atoms. The Hall–Kier alpha value is -3.20. The second-order valence-corrected chi connectivity index (χ2v) is 8.89. The minimum absolute atomic E-state index is 0.152. The number of sulfone groups is 1. The first kappa shape index (κ1) is 23.1. The van der Waals surface area contributed by atoms with E-state index < -0.39 is 34.1 Å². The van der Waals surface area contributed by atoms with Gasteiger partial charge in [0.15, 0.2) is 16.4 Å². The molecule has 0 unspecified atom stereocenters. The number of nitrogens with one attached hydrogen (secondary N) is 2. The number of esters is 1. The Morgan fingerprint density at radius 2 is 1.50 bits per heavy atom. The number of hydrogen-bond donors (Lipinski definition) is 2. The summed E-state index contributed by atoms with van der Waals surface area (Å²) in [5.74, 6) is -1.95. The maximum absolute atomic E-state index is 12.4. The molecule has 2 aromatic rings. The van der Waals surface area contributed by atoms with E-state index in [1.54, 1.807) is 36.4 Å². The zero-order valence-corrected chi connectivity index (χ0v) is 17.8. The van der Waals surface area contributed by atoms with E-state index in [9.17, 15) is 22.8 Å². The van der Waals surface area contributed by atoms with Gasteiger partial charge in [0.2, 0.25) is 5.91 Å². The van der Waals surface area contributed by atoms with Crippen molar-refractivity contribution < 1.29 is 27.5 Å². The quantitative estimate of drug-likeness (QED) is 0.619. The van der Waals surface area contributed by atoms with Gasteiger partial charge < -0.3 is 15.4 Å². The molecule has 2 rings (SSSR count). The van der Waals surface area contributed by atoms with E-state index in [0.717, 1.165) is 11.1 Å². The van der Waals surface area contributed by atoms with Crippen molar-refractivity contribution >= 4 is 39.0 Å². The van der Waals surface area contributed by atoms with Crippen LogP contribution in [0.4, 0.5) is 11.4 Å². The van der Waals surface area contributed by atoms with Crippen molar-refractivity contribution in [3.05, 3.63) is 53.6 Å². The Morgan fingerprint density at radius 1 is 0.900 bits per heavy atom. The monoisotopic (exact) mass is 432 g/mol. The summed E-state index contributed by atoms with van der Waals surface area (Å²) in [7, 11) is -3.63. The molecule has 0 aliphatic heterocycles. The Morgan fingerprint density at radius 3 is 2.07 bits per heavy atom. The van der Waals surface area contributed by atoms with Gasteiger partial charge in [-0.15, -0.1) is 0 Å². The number of amides is 2. The van der Waals surface area contributed by atoms with Gasteiger partial charge >= 0.3 is 5.97 Å². The predicted molar refractivity (Wildman–Crippen MR) is 113 cm³/mol. The van der Waals surface area contributed by atoms with Crippen LogP contribution >= 0.6 is 0 Å². The van der Waals surface area contributed by atoms with Crippen LogP contribution in [-0.2, 0) is 29.0 Å². The SMILES string of the molecule is CC(=O)Nc1ccc(NC(=O)COC(=O)CCS(=O)(=O)c2ccc(C)c(C)c2)cc1. The number of carbonyl (C=O) groups excluding carboxylic acids is 3. The van der Waals surface area contributed by atoms with E-state index in [2.05, 4.69) is 10.6 Å². The molecule has 0 heterocycles. The topological polar surface area (TPSA) is 119 Å². The Balaban J connectivity index is 1.80. The highest BCUT2D eigenvalue weighted by Crippen LogP contribution is 2.17. The highest BCUT2D eigenvalue weighted by molar-refractivity contribution is 7.91. The third kappa shape index (κ3) is 7.00. The van der Waals surface area contributed by atoms with E-state index in [4.69, 9.17) is 4.74 Å². The number of ether oxygens (including phenoxy) is 1. The molecule has 9 heteroatoms. The van der Waals surface area contributed by atoms with Crippen LogP contribution in [0.3, 0.4) is 0 Å². The van der Waals surface area contributed by atoms with Crippen LogP contribution in [0.5, 0.6) is 0 Å². The molecule has 0 bridgehead atoms. The summed E-state index contributed by atoms with van der Waals surface area (Å²) in [5.41, 5.74) is 2.86. The largest absolute Gasteiger partial charge is 0.456 e. The van der Waals surface area contributed by atoms with Gasteiger partial charge in [0.05, 0.1) is 17.1 Å². The minimum atomic E-state index is -3.63. The van der Waals surface area contributed by atoms with Crippen molar-refractivity contribution in [2.24, 2.45) is 0 Å². The van der Waals surface area contributed by atoms with Gasteiger partial charge in [-0.1, -0.05) is 6.07 Å². The van der Waals surface area contributed by atoms with Gasteiger partial charge in [-0.3, -0.25) is 14.4 Å². The van der Waals surface area contributed by atoms with Crippen molar-refractivity contribution in [1.29, 1.82) is 0 Å². The molecule has 0 radical (unpaired) electrons. The maximum Gasteiger partial charge on any atom is 0.307 e. The summed E-state index contributed by atoms with van der Waals surface area (Å²) < 4.78 is 29.6. The number of rotatable bonds is 8. The molecular formula is C21H24N2O6S. The van der Waals surface area contributed by atoms with E-state index in [0.29, 0.717) is 11.4 Å². The highest BCUT2D eigenvalue weighted by atomic mass is 32.2. The van der Waals surface area contributed by atoms with Gasteiger partial charge in [0, 0.05) is 18.3 Å². The standard InChI is InChI=1S/C21H24N2O6S/c1-14-4-9-19(12-15(14)2)30(27,28)11-10-21(26)29-13-20(25)23-18-7-5-17(6-8-18)22-16(3)24/h4-9,12H,10-11,13H2,1-3H3,(H,22,24)(H,23,25). The normalized spacial score (nSPS) is 10.9. The summed E-state index contributed by atoms with van der Waals surface area (Å²) in [6.45, 7) is 4.55. The van der Waals surface area contributed by atoms with E-state index >= 15 is 0 Å². The smallest absolute Gasteiger partial charge is 0.307 e. The van der Waals surface area contributed by atoms with Crippen LogP contribution in [0.2, 0.25) is 0 Å². The fourth-order valence-corrected chi connectivity index (χ4v) is 3.80. The second-order valence-electron chi connectivity index (χ2n) is 6.78. The molecule has 2 amide bonds.